The Balaban J connectivity index is 2.76. The molecule has 0 spiro atoms. The lowest BCUT2D eigenvalue weighted by Crippen LogP contribution is -2.86. The Kier molecular flexibility index (Phi) is 6.34. The Morgan fingerprint density at radius 3 is 2.30 bits per heavy atom. The van der Waals surface area contributed by atoms with Crippen molar-refractivity contribution in [1.82, 2.24) is 14.8 Å². The Morgan fingerprint density at radius 1 is 1.30 bits per heavy atom. The number of nitrogens with zero attached hydrogens (tertiary/aromatic N) is 5. The number of amidine groups is 1. The molecule has 2 rings (SSSR count). The maximum absolute atomic E-state index is 12.5. The minimum atomic E-state index is -4.24. The van der Waals surface area contributed by atoms with E-state index in [9.17, 15) is 50.8 Å². The van der Waals surface area contributed by atoms with E-state index in [1.807, 2.05) is 0 Å². The molecule has 10 N–H and O–H groups in total. The summed E-state index contributed by atoms with van der Waals surface area (Å²) >= 11 is 0. The fourth-order valence-electron chi connectivity index (χ4n) is 3.80. The molecule has 16 heteroatoms. The number of amides is 1. The van der Waals surface area contributed by atoms with Gasteiger partial charge in [-0.3, -0.25) is 9.79 Å². The number of likely N-dealkylation sites (tertiary alicyclic amines) is 1. The van der Waals surface area contributed by atoms with Crippen molar-refractivity contribution in [2.45, 2.75) is 36.4 Å². The van der Waals surface area contributed by atoms with E-state index in [1.54, 1.807) is 0 Å². The number of hydrogen-bond donors (Lipinski definition) is 10. The normalized spacial score (nSPS) is 24.2. The first-order valence-electron chi connectivity index (χ1n) is 9.07. The van der Waals surface area contributed by atoms with E-state index in [2.05, 4.69) is 21.7 Å². The minimum absolute atomic E-state index is 0.0371. The topological polar surface area (TPSA) is 270 Å². The van der Waals surface area contributed by atoms with Crippen LogP contribution in [-0.4, -0.2) is 123 Å². The van der Waals surface area contributed by atoms with Crippen molar-refractivity contribution in [3.63, 3.8) is 0 Å². The highest BCUT2D eigenvalue weighted by Crippen LogP contribution is 2.46. The number of nitrogens with one attached hydrogen (secondary N) is 1. The van der Waals surface area contributed by atoms with Crippen molar-refractivity contribution in [2.24, 2.45) is 15.9 Å². The molecule has 2 atom stereocenters. The maximum atomic E-state index is 12.5. The van der Waals surface area contributed by atoms with Crippen molar-refractivity contribution in [1.29, 1.82) is 5.26 Å². The largest absolute Gasteiger partial charge is 0.506 e. The number of piperidine rings is 1. The number of carbonyl (C=O) groups is 1. The molecule has 0 radical (unpaired) electrons. The lowest BCUT2D eigenvalue weighted by molar-refractivity contribution is -0.503. The maximum Gasteiger partial charge on any atom is 0.336 e. The number of rotatable bonds is 4. The Labute approximate surface area is 185 Å². The standard InChI is InChI=1S/C17H24N6O10/c1-7-10(22(4)12(20-3)9-8(24)5-21-11(9)19-2)16(30,31)23(13(25)14(26,27)6-18)17(32,33)15(7,28)29/h5,7,10,21,24,26-33H,2H2,1,3-4H3. The molecule has 1 aliphatic heterocycles. The number of aromatic hydroxyl groups is 1. The van der Waals surface area contributed by atoms with Gasteiger partial charge in [0.25, 0.3) is 5.91 Å². The van der Waals surface area contributed by atoms with Crippen LogP contribution >= 0.6 is 0 Å². The molecule has 1 aromatic rings. The molecular weight excluding hydrogens is 448 g/mol. The highest BCUT2D eigenvalue weighted by molar-refractivity contribution is 6.05. The predicted octanol–water partition coefficient (Wildman–Crippen LogP) is -4.63. The van der Waals surface area contributed by atoms with Gasteiger partial charge in [-0.25, -0.2) is 9.89 Å². The summed E-state index contributed by atoms with van der Waals surface area (Å²) in [6.07, 6.45) is 1.09. The summed E-state index contributed by atoms with van der Waals surface area (Å²) in [4.78, 5) is 22.5. The monoisotopic (exact) mass is 472 g/mol. The average molecular weight is 472 g/mol. The third-order valence-corrected chi connectivity index (χ3v) is 5.48. The van der Waals surface area contributed by atoms with Gasteiger partial charge in [-0.05, 0) is 6.72 Å². The van der Waals surface area contributed by atoms with E-state index in [4.69, 9.17) is 5.26 Å². The number of nitriles is 1. The lowest BCUT2D eigenvalue weighted by atomic mass is 9.80. The van der Waals surface area contributed by atoms with Crippen LogP contribution in [0, 0.1) is 17.2 Å². The van der Waals surface area contributed by atoms with E-state index in [1.165, 1.54) is 7.05 Å². The van der Waals surface area contributed by atoms with Gasteiger partial charge in [0.1, 0.15) is 35.1 Å². The van der Waals surface area contributed by atoms with E-state index < -0.39 is 51.9 Å². The molecule has 33 heavy (non-hydrogen) atoms. The number of carbonyl (C=O) groups excluding carboxylic acids is 1. The summed E-state index contributed by atoms with van der Waals surface area (Å²) < 4.78 is 0. The molecule has 0 aliphatic carbocycles. The fraction of sp³-hybridized carbons (Fsp3) is 0.529. The third kappa shape index (κ3) is 3.62. The smallest absolute Gasteiger partial charge is 0.336 e. The summed E-state index contributed by atoms with van der Waals surface area (Å²) in [6, 6.07) is -1.43. The van der Waals surface area contributed by atoms with Gasteiger partial charge in [-0.15, -0.1) is 0 Å². The number of H-pyrrole nitrogens is 1. The molecule has 0 bridgehead atoms. The number of aromatic amines is 1. The summed E-state index contributed by atoms with van der Waals surface area (Å²) in [7, 11) is 2.30. The number of aliphatic imine (C=N–C) groups is 2. The van der Waals surface area contributed by atoms with Gasteiger partial charge >= 0.3 is 17.6 Å². The number of aliphatic hydroxyl groups is 8. The van der Waals surface area contributed by atoms with Gasteiger partial charge in [0.05, 0.1) is 0 Å². The van der Waals surface area contributed by atoms with E-state index in [0.717, 1.165) is 25.1 Å². The van der Waals surface area contributed by atoms with Gasteiger partial charge < -0.3 is 55.8 Å². The van der Waals surface area contributed by atoms with Crippen LogP contribution in [0.3, 0.4) is 0 Å². The summed E-state index contributed by atoms with van der Waals surface area (Å²) in [5, 5.41) is 101. The SMILES string of the molecule is C=Nc1[nH]cc(O)c1C(=NC)N(C)C1C(C)C(O)(O)C(O)(O)N(C(=O)C(O)(O)C#N)C1(O)O. The van der Waals surface area contributed by atoms with E-state index in [-0.39, 0.29) is 17.2 Å². The Bertz CT molecular complexity index is 1020. The Morgan fingerprint density at radius 2 is 1.85 bits per heavy atom. The molecule has 1 aromatic heterocycles. The van der Waals surface area contributed by atoms with Crippen LogP contribution in [0.2, 0.25) is 0 Å². The third-order valence-electron chi connectivity index (χ3n) is 5.48. The summed E-state index contributed by atoms with van der Waals surface area (Å²) in [5.74, 6) is -21.0. The van der Waals surface area contributed by atoms with Crippen molar-refractivity contribution < 1.29 is 50.8 Å². The second-order valence-electron chi connectivity index (χ2n) is 7.42. The molecular formula is C17H24N6O10. The molecule has 1 aliphatic rings. The zero-order valence-corrected chi connectivity index (χ0v) is 17.6. The van der Waals surface area contributed by atoms with Crippen molar-refractivity contribution in [3.8, 4) is 11.8 Å². The first-order chi connectivity index (χ1) is 14.9. The van der Waals surface area contributed by atoms with Gasteiger partial charge in [-0.1, -0.05) is 6.92 Å². The molecule has 16 nitrogen and oxygen atoms in total. The highest BCUT2D eigenvalue weighted by Gasteiger charge is 2.74. The van der Waals surface area contributed by atoms with Gasteiger partial charge in [0, 0.05) is 26.2 Å². The molecule has 2 heterocycles. The van der Waals surface area contributed by atoms with Crippen LogP contribution in [0.25, 0.3) is 0 Å². The second kappa shape index (κ2) is 8.02. The molecule has 1 amide bonds. The Hall–Kier alpha value is -3.14. The van der Waals surface area contributed by atoms with Gasteiger partial charge in [0.2, 0.25) is 5.79 Å². The summed E-state index contributed by atoms with van der Waals surface area (Å²) in [6.45, 7) is 4.23. The van der Waals surface area contributed by atoms with Crippen molar-refractivity contribution in [2.75, 3.05) is 14.1 Å². The zero-order chi connectivity index (χ0) is 25.7. The highest BCUT2D eigenvalue weighted by atomic mass is 16.6. The average Bonchev–Trinajstić information content (AvgIpc) is 3.07. The van der Waals surface area contributed by atoms with Gasteiger partial charge in [-0.2, -0.15) is 5.26 Å². The number of hydrogen-bond acceptors (Lipinski definition) is 13. The first-order valence-corrected chi connectivity index (χ1v) is 9.07. The fourth-order valence-corrected chi connectivity index (χ4v) is 3.80. The zero-order valence-electron chi connectivity index (χ0n) is 17.6. The molecule has 2 unspecified atom stereocenters. The second-order valence-corrected chi connectivity index (χ2v) is 7.42. The molecule has 1 saturated heterocycles. The van der Waals surface area contributed by atoms with Crippen LogP contribution in [0.4, 0.5) is 5.82 Å². The lowest BCUT2D eigenvalue weighted by Gasteiger charge is -2.59. The van der Waals surface area contributed by atoms with Gasteiger partial charge in [0.15, 0.2) is 0 Å². The number of likely N-dealkylation sites (N-methyl/N-ethyl adjacent to an activating group) is 1. The van der Waals surface area contributed by atoms with Crippen molar-refractivity contribution >= 4 is 24.3 Å². The molecule has 182 valence electrons. The van der Waals surface area contributed by atoms with Crippen LogP contribution in [0.15, 0.2) is 16.2 Å². The summed E-state index contributed by atoms with van der Waals surface area (Å²) in [5.41, 5.74) is -0.141. The van der Waals surface area contributed by atoms with E-state index >= 15 is 0 Å². The van der Waals surface area contributed by atoms with Crippen LogP contribution in [0.5, 0.6) is 5.75 Å². The number of aromatic nitrogens is 1. The van der Waals surface area contributed by atoms with Crippen LogP contribution in [-0.2, 0) is 4.79 Å². The molecule has 0 saturated carbocycles. The van der Waals surface area contributed by atoms with Crippen molar-refractivity contribution in [3.05, 3.63) is 11.8 Å². The quantitative estimate of drug-likeness (QED) is 0.0857. The molecule has 1 fully saturated rings. The van der Waals surface area contributed by atoms with Crippen LogP contribution < -0.4 is 0 Å². The van der Waals surface area contributed by atoms with E-state index in [0.29, 0.717) is 6.07 Å². The minimum Gasteiger partial charge on any atom is -0.506 e. The predicted molar refractivity (Wildman–Crippen MR) is 106 cm³/mol. The van der Waals surface area contributed by atoms with Crippen LogP contribution in [0.1, 0.15) is 12.5 Å². The molecule has 0 aromatic carbocycles. The first kappa shape index (κ1) is 26.1.